The Balaban J connectivity index is -0.000000362. The fourth-order valence-electron chi connectivity index (χ4n) is 1.62. The Morgan fingerprint density at radius 1 is 0.742 bits per heavy atom. The normalized spacial score (nSPS) is 8.06. The van der Waals surface area contributed by atoms with Crippen molar-refractivity contribution in [3.8, 4) is 0 Å². The number of carbonyl (C=O) groups is 2. The Labute approximate surface area is 201 Å². The molecule has 0 bridgehead atoms. The molecule has 0 aliphatic rings. The summed E-state index contributed by atoms with van der Waals surface area (Å²) in [5.41, 5.74) is 1.75. The van der Waals surface area contributed by atoms with Gasteiger partial charge in [-0.3, -0.25) is 18.4 Å². The van der Waals surface area contributed by atoms with Crippen molar-refractivity contribution in [1.82, 2.24) is 4.98 Å². The zero-order valence-corrected chi connectivity index (χ0v) is 18.3. The van der Waals surface area contributed by atoms with Crippen molar-refractivity contribution in [1.29, 1.82) is 10.8 Å². The second kappa shape index (κ2) is 19.2. The number of halogens is 4. The molecule has 0 aliphatic heterocycles. The summed E-state index contributed by atoms with van der Waals surface area (Å²) >= 11 is 0. The van der Waals surface area contributed by atoms with Crippen LogP contribution in [0.1, 0.15) is 32.1 Å². The Hall–Kier alpha value is -2.77. The van der Waals surface area contributed by atoms with Crippen LogP contribution in [0.5, 0.6) is 0 Å². The molecule has 0 fully saturated rings. The van der Waals surface area contributed by atoms with E-state index in [4.69, 9.17) is 10.8 Å². The van der Waals surface area contributed by atoms with E-state index in [1.807, 2.05) is 0 Å². The molecule has 3 aromatic rings. The zero-order valence-electron chi connectivity index (χ0n) is 15.6. The van der Waals surface area contributed by atoms with Crippen molar-refractivity contribution in [2.75, 3.05) is 0 Å². The number of pyridine rings is 1. The average molecular weight is 506 g/mol. The van der Waals surface area contributed by atoms with Gasteiger partial charge in [0.2, 0.25) is 0 Å². The SMILES string of the molecule is N=Cc1[c-]cc(F)cc1.N=Cc1[c-]cc(F)cc1.O=Cc1cccc(C=O)n1.[Cl-].[Cl-].[Fe+4]. The summed E-state index contributed by atoms with van der Waals surface area (Å²) in [4.78, 5) is 23.9. The minimum absolute atomic E-state index is 0. The summed E-state index contributed by atoms with van der Waals surface area (Å²) in [5, 5.41) is 13.5. The van der Waals surface area contributed by atoms with Gasteiger partial charge in [0.05, 0.1) is 0 Å². The molecule has 5 nitrogen and oxygen atoms in total. The van der Waals surface area contributed by atoms with Crippen molar-refractivity contribution in [3.05, 3.63) is 101 Å². The fourth-order valence-corrected chi connectivity index (χ4v) is 1.62. The molecule has 0 atom stereocenters. The van der Waals surface area contributed by atoms with Crippen LogP contribution in [0.25, 0.3) is 0 Å². The van der Waals surface area contributed by atoms with E-state index in [0.717, 1.165) is 12.4 Å². The van der Waals surface area contributed by atoms with Gasteiger partial charge in [0, 0.05) is 11.6 Å². The molecule has 0 saturated heterocycles. The van der Waals surface area contributed by atoms with Crippen molar-refractivity contribution < 1.29 is 60.3 Å². The number of aldehydes is 2. The van der Waals surface area contributed by atoms with E-state index in [2.05, 4.69) is 17.1 Å². The van der Waals surface area contributed by atoms with E-state index in [9.17, 15) is 18.4 Å². The van der Waals surface area contributed by atoms with Crippen LogP contribution in [0.2, 0.25) is 0 Å². The van der Waals surface area contributed by atoms with Gasteiger partial charge in [-0.05, 0) is 12.1 Å². The molecular weight excluding hydrogens is 491 g/mol. The summed E-state index contributed by atoms with van der Waals surface area (Å²) in [6, 6.07) is 17.9. The number of nitrogens with zero attached hydrogens (tertiary/aromatic N) is 1. The second-order valence-electron chi connectivity index (χ2n) is 4.94. The van der Waals surface area contributed by atoms with Crippen LogP contribution in [0.15, 0.2) is 54.6 Å². The number of benzene rings is 2. The van der Waals surface area contributed by atoms with E-state index in [1.165, 1.54) is 36.4 Å². The quantitative estimate of drug-likeness (QED) is 0.185. The van der Waals surface area contributed by atoms with Gasteiger partial charge in [-0.2, -0.15) is 0 Å². The zero-order chi connectivity index (χ0) is 20.8. The van der Waals surface area contributed by atoms with E-state index in [-0.39, 0.29) is 64.9 Å². The molecule has 0 radical (unpaired) electrons. The first kappa shape index (κ1) is 32.9. The van der Waals surface area contributed by atoms with Gasteiger partial charge in [0.15, 0.2) is 12.6 Å². The first-order valence-electron chi connectivity index (χ1n) is 7.75. The first-order chi connectivity index (χ1) is 13.5. The fraction of sp³-hybridized carbons (Fsp3) is 0. The minimum Gasteiger partial charge on any atom is -1.00 e. The summed E-state index contributed by atoms with van der Waals surface area (Å²) in [6.45, 7) is 0. The Morgan fingerprint density at radius 2 is 1.13 bits per heavy atom. The largest absolute Gasteiger partial charge is 4.00 e. The molecule has 2 N–H and O–H groups in total. The van der Waals surface area contributed by atoms with Gasteiger partial charge in [-0.25, -0.2) is 4.98 Å². The van der Waals surface area contributed by atoms with Crippen molar-refractivity contribution in [2.24, 2.45) is 0 Å². The maximum atomic E-state index is 12.1. The third-order valence-electron chi connectivity index (χ3n) is 2.94. The molecule has 162 valence electrons. The molecule has 0 saturated carbocycles. The van der Waals surface area contributed by atoms with E-state index in [0.29, 0.717) is 23.7 Å². The van der Waals surface area contributed by atoms with Crippen LogP contribution in [-0.4, -0.2) is 30.0 Å². The van der Waals surface area contributed by atoms with Gasteiger partial charge < -0.3 is 35.6 Å². The maximum Gasteiger partial charge on any atom is 4.00 e. The Bertz CT molecular complexity index is 856. The molecule has 2 aromatic carbocycles. The Morgan fingerprint density at radius 3 is 1.39 bits per heavy atom. The number of hydrogen-bond donors (Lipinski definition) is 2. The molecule has 3 rings (SSSR count). The van der Waals surface area contributed by atoms with Crippen LogP contribution in [0.3, 0.4) is 0 Å². The molecule has 0 amide bonds. The minimum atomic E-state index is -0.319. The first-order valence-corrected chi connectivity index (χ1v) is 7.75. The van der Waals surface area contributed by atoms with Gasteiger partial charge in [-0.1, -0.05) is 18.5 Å². The monoisotopic (exact) mass is 505 g/mol. The van der Waals surface area contributed by atoms with Gasteiger partial charge in [-0.15, -0.1) is 59.7 Å². The number of rotatable bonds is 4. The van der Waals surface area contributed by atoms with Crippen LogP contribution in [-0.2, 0) is 17.1 Å². The number of carbonyl (C=O) groups excluding carboxylic acids is 2. The summed E-state index contributed by atoms with van der Waals surface area (Å²) in [5.74, 6) is -0.638. The van der Waals surface area contributed by atoms with E-state index in [1.54, 1.807) is 18.2 Å². The molecule has 0 spiro atoms. The van der Waals surface area contributed by atoms with Gasteiger partial charge in [0.1, 0.15) is 11.4 Å². The third-order valence-corrected chi connectivity index (χ3v) is 2.94. The average Bonchev–Trinajstić information content (AvgIpc) is 2.76. The molecule has 1 aromatic heterocycles. The smallest absolute Gasteiger partial charge is 1.00 e. The van der Waals surface area contributed by atoms with Crippen molar-refractivity contribution >= 4 is 25.0 Å². The van der Waals surface area contributed by atoms with Crippen LogP contribution < -0.4 is 24.8 Å². The molecule has 31 heavy (non-hydrogen) atoms. The molecule has 10 heteroatoms. The molecule has 0 unspecified atom stereocenters. The van der Waals surface area contributed by atoms with Crippen molar-refractivity contribution in [3.63, 3.8) is 0 Å². The molecular formula is C21H15Cl2F2FeN3O2. The maximum absolute atomic E-state index is 12.1. The third kappa shape index (κ3) is 14.0. The Kier molecular flexibility index (Phi) is 20.4. The summed E-state index contributed by atoms with van der Waals surface area (Å²) < 4.78 is 24.2. The van der Waals surface area contributed by atoms with E-state index >= 15 is 0 Å². The number of aromatic nitrogens is 1. The predicted molar refractivity (Wildman–Crippen MR) is 101 cm³/mol. The summed E-state index contributed by atoms with van der Waals surface area (Å²) in [6.07, 6.45) is 3.46. The van der Waals surface area contributed by atoms with Crippen LogP contribution in [0, 0.1) is 34.6 Å². The standard InChI is InChI=1S/2C7H5FN.C7H5NO2.2ClH.Fe/c2*8-7-3-1-6(5-9)2-4-7;9-4-6-2-1-3-7(5-10)8-6;;;/h2*1,3-5,9H;1-5H;2*1H;/q2*-1;;;;+4/p-2. The molecule has 0 aliphatic carbocycles. The summed E-state index contributed by atoms with van der Waals surface area (Å²) in [7, 11) is 0. The van der Waals surface area contributed by atoms with E-state index < -0.39 is 0 Å². The predicted octanol–water partition coefficient (Wildman–Crippen LogP) is -2.04. The molecule has 1 heterocycles. The van der Waals surface area contributed by atoms with Gasteiger partial charge in [0.25, 0.3) is 0 Å². The second-order valence-corrected chi connectivity index (χ2v) is 4.94. The van der Waals surface area contributed by atoms with Crippen molar-refractivity contribution in [2.45, 2.75) is 0 Å². The number of hydrogen-bond acceptors (Lipinski definition) is 5. The number of nitrogens with one attached hydrogen (secondary N) is 2. The van der Waals surface area contributed by atoms with Crippen LogP contribution in [0.4, 0.5) is 8.78 Å². The van der Waals surface area contributed by atoms with Gasteiger partial charge >= 0.3 is 17.1 Å². The van der Waals surface area contributed by atoms with Crippen LogP contribution >= 0.6 is 0 Å². The topological polar surface area (TPSA) is 94.7 Å².